The van der Waals surface area contributed by atoms with Crippen LogP contribution in [0.15, 0.2) is 16.7 Å². The van der Waals surface area contributed by atoms with E-state index in [0.29, 0.717) is 11.4 Å². The maximum atomic E-state index is 5.99. The monoisotopic (exact) mass is 294 g/mol. The third-order valence-electron chi connectivity index (χ3n) is 3.78. The molecule has 90 valence electrons. The number of halogens is 1. The van der Waals surface area contributed by atoms with Gasteiger partial charge >= 0.3 is 0 Å². The van der Waals surface area contributed by atoms with Crippen LogP contribution >= 0.6 is 15.9 Å². The van der Waals surface area contributed by atoms with Gasteiger partial charge in [-0.3, -0.25) is 4.57 Å². The van der Waals surface area contributed by atoms with Crippen LogP contribution in [0.25, 0.3) is 11.2 Å². The Morgan fingerprint density at radius 1 is 1.53 bits per heavy atom. The minimum Gasteiger partial charge on any atom is -0.369 e. The molecule has 0 aliphatic heterocycles. The summed E-state index contributed by atoms with van der Waals surface area (Å²) in [5.74, 6) is 0.574. The molecule has 3 rings (SSSR count). The van der Waals surface area contributed by atoms with Gasteiger partial charge in [0.1, 0.15) is 5.52 Å². The van der Waals surface area contributed by atoms with Crippen molar-refractivity contribution in [3.05, 3.63) is 16.7 Å². The summed E-state index contributed by atoms with van der Waals surface area (Å²) in [5.41, 5.74) is 8.19. The van der Waals surface area contributed by atoms with Gasteiger partial charge in [0, 0.05) is 17.2 Å². The largest absolute Gasteiger partial charge is 0.369 e. The number of rotatable bonds is 3. The minimum atomic E-state index is 0.441. The second-order valence-corrected chi connectivity index (χ2v) is 5.82. The zero-order valence-corrected chi connectivity index (χ0v) is 11.4. The van der Waals surface area contributed by atoms with Gasteiger partial charge in [0.25, 0.3) is 0 Å². The number of fused-ring (bicyclic) bond motifs is 1. The molecule has 1 aliphatic carbocycles. The molecular formula is C12H15BrN4. The lowest BCUT2D eigenvalue weighted by Gasteiger charge is -2.14. The average Bonchev–Trinajstić information content (AvgIpc) is 3.01. The van der Waals surface area contributed by atoms with Gasteiger partial charge in [0.2, 0.25) is 5.95 Å². The van der Waals surface area contributed by atoms with Crippen LogP contribution in [-0.2, 0) is 6.54 Å². The minimum absolute atomic E-state index is 0.441. The van der Waals surface area contributed by atoms with Gasteiger partial charge in [-0.25, -0.2) is 9.97 Å². The van der Waals surface area contributed by atoms with E-state index in [4.69, 9.17) is 5.73 Å². The quantitative estimate of drug-likeness (QED) is 0.947. The summed E-state index contributed by atoms with van der Waals surface area (Å²) in [7, 11) is 0. The van der Waals surface area contributed by atoms with Crippen molar-refractivity contribution in [1.82, 2.24) is 14.5 Å². The van der Waals surface area contributed by atoms with Crippen molar-refractivity contribution in [2.75, 3.05) is 5.73 Å². The standard InChI is InChI=1S/C12H15BrN4/c1-2-12(3-4-12)7-17-10-9(16-11(17)14)5-8(13)6-15-10/h5-6H,2-4,7H2,1H3,(H2,14,16). The van der Waals surface area contributed by atoms with E-state index < -0.39 is 0 Å². The van der Waals surface area contributed by atoms with Gasteiger partial charge in [-0.15, -0.1) is 0 Å². The Morgan fingerprint density at radius 3 is 2.94 bits per heavy atom. The van der Waals surface area contributed by atoms with Crippen molar-refractivity contribution in [2.45, 2.75) is 32.7 Å². The first-order valence-electron chi connectivity index (χ1n) is 5.91. The van der Waals surface area contributed by atoms with Crippen LogP contribution in [-0.4, -0.2) is 14.5 Å². The molecule has 2 N–H and O–H groups in total. The molecule has 0 saturated heterocycles. The topological polar surface area (TPSA) is 56.7 Å². The van der Waals surface area contributed by atoms with Crippen LogP contribution in [0.1, 0.15) is 26.2 Å². The highest BCUT2D eigenvalue weighted by molar-refractivity contribution is 9.10. The number of aromatic nitrogens is 3. The molecule has 0 atom stereocenters. The van der Waals surface area contributed by atoms with E-state index in [0.717, 1.165) is 22.2 Å². The lowest BCUT2D eigenvalue weighted by Crippen LogP contribution is -2.13. The lowest BCUT2D eigenvalue weighted by atomic mass is 10.0. The van der Waals surface area contributed by atoms with Gasteiger partial charge in [-0.05, 0) is 46.7 Å². The van der Waals surface area contributed by atoms with Gasteiger partial charge in [0.15, 0.2) is 5.65 Å². The van der Waals surface area contributed by atoms with E-state index in [1.54, 1.807) is 6.20 Å². The summed E-state index contributed by atoms with van der Waals surface area (Å²) in [6.45, 7) is 3.19. The van der Waals surface area contributed by atoms with Crippen LogP contribution in [0, 0.1) is 5.41 Å². The molecule has 1 fully saturated rings. The molecule has 0 aromatic carbocycles. The first-order chi connectivity index (χ1) is 8.13. The van der Waals surface area contributed by atoms with Crippen molar-refractivity contribution >= 4 is 33.0 Å². The van der Waals surface area contributed by atoms with Crippen molar-refractivity contribution in [3.8, 4) is 0 Å². The average molecular weight is 295 g/mol. The fraction of sp³-hybridized carbons (Fsp3) is 0.500. The second kappa shape index (κ2) is 3.70. The summed E-state index contributed by atoms with van der Waals surface area (Å²) in [6.07, 6.45) is 5.58. The van der Waals surface area contributed by atoms with Crippen molar-refractivity contribution in [2.24, 2.45) is 5.41 Å². The van der Waals surface area contributed by atoms with Gasteiger partial charge in [0.05, 0.1) is 0 Å². The van der Waals surface area contributed by atoms with Gasteiger partial charge in [-0.1, -0.05) is 6.92 Å². The van der Waals surface area contributed by atoms with Crippen molar-refractivity contribution in [3.63, 3.8) is 0 Å². The fourth-order valence-corrected chi connectivity index (χ4v) is 2.61. The number of anilines is 1. The molecule has 1 aliphatic rings. The molecule has 1 saturated carbocycles. The van der Waals surface area contributed by atoms with Gasteiger partial charge < -0.3 is 5.73 Å². The van der Waals surface area contributed by atoms with Crippen LogP contribution in [0.4, 0.5) is 5.95 Å². The Kier molecular flexibility index (Phi) is 2.40. The molecule has 2 aromatic heterocycles. The first kappa shape index (κ1) is 11.0. The second-order valence-electron chi connectivity index (χ2n) is 4.91. The van der Waals surface area contributed by atoms with Crippen molar-refractivity contribution < 1.29 is 0 Å². The normalized spacial score (nSPS) is 17.5. The molecule has 17 heavy (non-hydrogen) atoms. The lowest BCUT2D eigenvalue weighted by molar-refractivity contribution is 0.417. The summed E-state index contributed by atoms with van der Waals surface area (Å²) in [4.78, 5) is 8.79. The predicted octanol–water partition coefficient (Wildman–Crippen LogP) is 2.97. The Balaban J connectivity index is 2.06. The molecule has 0 spiro atoms. The molecule has 0 radical (unpaired) electrons. The van der Waals surface area contributed by atoms with Crippen LogP contribution in [0.2, 0.25) is 0 Å². The number of nitrogen functional groups attached to an aromatic ring is 1. The SMILES string of the molecule is CCC1(Cn2c(N)nc3cc(Br)cnc32)CC1. The van der Waals surface area contributed by atoms with E-state index in [2.05, 4.69) is 37.4 Å². The third kappa shape index (κ3) is 1.82. The summed E-state index contributed by atoms with van der Waals surface area (Å²) in [6, 6.07) is 1.96. The number of nitrogens with zero attached hydrogens (tertiary/aromatic N) is 3. The zero-order chi connectivity index (χ0) is 12.0. The van der Waals surface area contributed by atoms with Crippen LogP contribution < -0.4 is 5.73 Å². The molecule has 0 bridgehead atoms. The number of hydrogen-bond acceptors (Lipinski definition) is 3. The van der Waals surface area contributed by atoms with E-state index in [9.17, 15) is 0 Å². The summed E-state index contributed by atoms with van der Waals surface area (Å²) < 4.78 is 2.99. The molecular weight excluding hydrogens is 280 g/mol. The fourth-order valence-electron chi connectivity index (χ4n) is 2.30. The highest BCUT2D eigenvalue weighted by atomic mass is 79.9. The molecule has 2 aromatic rings. The highest BCUT2D eigenvalue weighted by Gasteiger charge is 2.41. The Hall–Kier alpha value is -1.10. The van der Waals surface area contributed by atoms with Gasteiger partial charge in [-0.2, -0.15) is 0 Å². The van der Waals surface area contributed by atoms with E-state index in [1.807, 2.05) is 6.07 Å². The molecule has 4 nitrogen and oxygen atoms in total. The maximum absolute atomic E-state index is 5.99. The van der Waals surface area contributed by atoms with E-state index in [-0.39, 0.29) is 0 Å². The van der Waals surface area contributed by atoms with E-state index in [1.165, 1.54) is 19.3 Å². The van der Waals surface area contributed by atoms with E-state index >= 15 is 0 Å². The number of hydrogen-bond donors (Lipinski definition) is 1. The summed E-state index contributed by atoms with van der Waals surface area (Å²) >= 11 is 3.40. The number of imidazole rings is 1. The predicted molar refractivity (Wildman–Crippen MR) is 71.6 cm³/mol. The number of nitrogens with two attached hydrogens (primary N) is 1. The smallest absolute Gasteiger partial charge is 0.202 e. The Labute approximate surface area is 108 Å². The highest BCUT2D eigenvalue weighted by Crippen LogP contribution is 2.50. The molecule has 5 heteroatoms. The molecule has 0 unspecified atom stereocenters. The Morgan fingerprint density at radius 2 is 2.29 bits per heavy atom. The third-order valence-corrected chi connectivity index (χ3v) is 4.22. The van der Waals surface area contributed by atoms with Crippen LogP contribution in [0.5, 0.6) is 0 Å². The zero-order valence-electron chi connectivity index (χ0n) is 9.78. The molecule has 0 amide bonds. The maximum Gasteiger partial charge on any atom is 0.202 e. The summed E-state index contributed by atoms with van der Waals surface area (Å²) in [5, 5.41) is 0. The van der Waals surface area contributed by atoms with Crippen molar-refractivity contribution in [1.29, 1.82) is 0 Å². The Bertz CT molecular complexity index is 571. The van der Waals surface area contributed by atoms with Crippen LogP contribution in [0.3, 0.4) is 0 Å². The first-order valence-corrected chi connectivity index (χ1v) is 6.70. The number of pyridine rings is 1. The molecule has 2 heterocycles.